The highest BCUT2D eigenvalue weighted by Crippen LogP contribution is 2.39. The molecule has 1 fully saturated rings. The summed E-state index contributed by atoms with van der Waals surface area (Å²) in [6.45, 7) is 11.9. The number of carboxylic acid groups (broad SMARTS) is 1. The number of hydrogen-bond acceptors (Lipinski definition) is 18. The molecule has 29 nitrogen and oxygen atoms in total. The first-order chi connectivity index (χ1) is 66.9. The van der Waals surface area contributed by atoms with Crippen molar-refractivity contribution in [2.75, 3.05) is 42.2 Å². The van der Waals surface area contributed by atoms with Crippen LogP contribution in [0.4, 0.5) is 0 Å². The number of amides is 5. The number of carbonyl (C=O) groups excluding carboxylic acids is 5. The zero-order valence-electron chi connectivity index (χ0n) is 77.9. The summed E-state index contributed by atoms with van der Waals surface area (Å²) in [6, 6.07) is 70.0. The first-order valence-corrected chi connectivity index (χ1v) is 44.3. The Bertz CT molecular complexity index is 7350. The summed E-state index contributed by atoms with van der Waals surface area (Å²) in [5.74, 6) is 0.0880. The highest BCUT2D eigenvalue weighted by molar-refractivity contribution is 6.10. The molecule has 2 atom stereocenters. The number of aliphatic hydroxyl groups is 1. The van der Waals surface area contributed by atoms with E-state index in [-0.39, 0.29) is 29.9 Å². The Balaban J connectivity index is 0.000000138. The Morgan fingerprint density at radius 2 is 0.681 bits per heavy atom. The van der Waals surface area contributed by atoms with Crippen molar-refractivity contribution >= 4 is 151 Å². The van der Waals surface area contributed by atoms with Gasteiger partial charge in [0.25, 0.3) is 23.6 Å². The number of fused-ring (bicyclic) bond motifs is 5. The molecule has 29 heteroatoms. The number of furan rings is 1. The van der Waals surface area contributed by atoms with Crippen molar-refractivity contribution in [2.45, 2.75) is 79.1 Å². The molecule has 0 radical (unpaired) electrons. The van der Waals surface area contributed by atoms with Gasteiger partial charge in [-0.25, -0.2) is 4.79 Å². The molecule has 17 aromatic rings. The van der Waals surface area contributed by atoms with Crippen LogP contribution < -0.4 is 50.7 Å². The van der Waals surface area contributed by atoms with Crippen LogP contribution in [-0.4, -0.2) is 151 Å². The second-order valence-electron chi connectivity index (χ2n) is 32.6. The first-order valence-electron chi connectivity index (χ1n) is 44.3. The second-order valence-corrected chi connectivity index (χ2v) is 32.6. The van der Waals surface area contributed by atoms with E-state index in [1.807, 2.05) is 185 Å². The number of rotatable bonds is 28. The Labute approximate surface area is 795 Å². The van der Waals surface area contributed by atoms with Crippen molar-refractivity contribution in [1.82, 2.24) is 72.3 Å². The predicted octanol–water partition coefficient (Wildman–Crippen LogP) is 19.4. The normalized spacial score (nSPS) is 12.2. The summed E-state index contributed by atoms with van der Waals surface area (Å²) in [6.07, 6.45) is 23.1. The monoisotopic (exact) mass is 1850 g/mol. The van der Waals surface area contributed by atoms with Gasteiger partial charge in [0.15, 0.2) is 0 Å². The van der Waals surface area contributed by atoms with Gasteiger partial charge >= 0.3 is 5.97 Å². The number of nitrogens with zero attached hydrogens (tertiary/aromatic N) is 5. The molecule has 138 heavy (non-hydrogen) atoms. The number of nitrogens with two attached hydrogens (primary N) is 1. The fraction of sp³-hybridized carbons (Fsp3) is 0.165. The van der Waals surface area contributed by atoms with Gasteiger partial charge in [0, 0.05) is 6.04 Å². The van der Waals surface area contributed by atoms with Gasteiger partial charge in [-0.3, -0.25) is 49.5 Å². The summed E-state index contributed by atoms with van der Waals surface area (Å²) in [4.78, 5) is 73.5. The van der Waals surface area contributed by atoms with E-state index in [9.17, 15) is 39.0 Å². The van der Waals surface area contributed by atoms with Gasteiger partial charge in [0.05, 0.1) is 166 Å². The molecular formula is C109H105N15O14. The zero-order chi connectivity index (χ0) is 97.5. The molecule has 1 saturated carbocycles. The third-order valence-electron chi connectivity index (χ3n) is 22.7. The lowest BCUT2D eigenvalue weighted by atomic mass is 10.0. The topological polar surface area (TPSA) is 420 Å². The standard InChI is InChI=1S/C26H25N3O3.C23H21N3O3.C21H22N4O3.C21H21N3O2.C18H16N2O3/c1-17-8-10-18(11-9-17)12-14-21-24-22(29-28-21)15-13-20(25(24)32-2)26(31)27-23(16-30)19-6-4-3-5-7-19;1-15-5-7-16(8-6-15)9-11-19-21-20(26-25-19)12-10-18(22(21)28-2)23(27)24-14-17-4-3-13-29-17;1-12-4-6-14(7-5-12)8-10-16-18-17(25-24-16)11-9-15(19(18)28-3)21(27)23-13(2)20(22)26;1-13-3-5-14(6-4-13)7-11-17-19-18(24-23-17)12-10-16(20(19)26-2)21(25)22-15-8-9-15;1-11-3-5-12(6-4-11)7-9-14-16-15(20-19-14)10-8-13(18(21)22)17(16)23-2/h3-15,23,30H,16H2,1-2H3,(H,27,31)(H,28,29);3-13H,14H2,1-2H3,(H,24,27)(H,25,26);4-11,13H,1-3H3,(H2,22,26)(H,23,27)(H,24,25);3-7,10-12,15H,8-9H2,1-2H3,(H,22,25)(H,23,24);3-10H,1-2H3,(H,19,20)(H,21,22)/b14-12+;11-9+;10-8+;11-7+;9-7+/t23-;;13-;;/m1.0../s1. The molecule has 0 saturated heterocycles. The van der Waals surface area contributed by atoms with Crippen molar-refractivity contribution < 1.29 is 67.1 Å². The van der Waals surface area contributed by atoms with Gasteiger partial charge in [-0.2, -0.15) is 25.5 Å². The fourth-order valence-electron chi connectivity index (χ4n) is 15.0. The van der Waals surface area contributed by atoms with E-state index in [1.165, 1.54) is 62.1 Å². The van der Waals surface area contributed by atoms with Crippen LogP contribution in [0, 0.1) is 34.6 Å². The number of aromatic carboxylic acids is 1. The maximum Gasteiger partial charge on any atom is 0.339 e. The number of aliphatic hydroxyl groups excluding tert-OH is 1. The van der Waals surface area contributed by atoms with Crippen molar-refractivity contribution in [3.8, 4) is 28.7 Å². The van der Waals surface area contributed by atoms with Gasteiger partial charge in [-0.15, -0.1) is 0 Å². The van der Waals surface area contributed by atoms with Gasteiger partial charge in [0.2, 0.25) is 5.91 Å². The fourth-order valence-corrected chi connectivity index (χ4v) is 15.0. The summed E-state index contributed by atoms with van der Waals surface area (Å²) < 4.78 is 32.9. The second kappa shape index (κ2) is 45.3. The molecule has 0 unspecified atom stereocenters. The van der Waals surface area contributed by atoms with Crippen LogP contribution in [0.15, 0.2) is 235 Å². The number of aryl methyl sites for hydroxylation is 5. The highest BCUT2D eigenvalue weighted by atomic mass is 16.5. The van der Waals surface area contributed by atoms with E-state index in [1.54, 1.807) is 75.1 Å². The van der Waals surface area contributed by atoms with Gasteiger partial charge in [-0.05, 0) is 191 Å². The molecular weight excluding hydrogens is 1740 g/mol. The van der Waals surface area contributed by atoms with Gasteiger partial charge < -0.3 is 65.3 Å². The number of benzene rings is 11. The van der Waals surface area contributed by atoms with Crippen LogP contribution in [0.3, 0.4) is 0 Å². The third-order valence-corrected chi connectivity index (χ3v) is 22.7. The van der Waals surface area contributed by atoms with Crippen LogP contribution >= 0.6 is 0 Å². The van der Waals surface area contributed by atoms with Crippen LogP contribution in [0.25, 0.3) is 115 Å². The Kier molecular flexibility index (Phi) is 31.7. The van der Waals surface area contributed by atoms with Crippen molar-refractivity contribution in [2.24, 2.45) is 5.73 Å². The van der Waals surface area contributed by atoms with E-state index in [0.717, 1.165) is 90.5 Å². The number of aromatic nitrogens is 10. The van der Waals surface area contributed by atoms with Crippen molar-refractivity contribution in [1.29, 1.82) is 0 Å². The third kappa shape index (κ3) is 23.8. The van der Waals surface area contributed by atoms with E-state index < -0.39 is 29.9 Å². The van der Waals surface area contributed by atoms with Crippen LogP contribution in [0.5, 0.6) is 28.7 Å². The minimum Gasteiger partial charge on any atom is -0.495 e. The number of ether oxygens (including phenoxy) is 5. The van der Waals surface area contributed by atoms with Crippen molar-refractivity contribution in [3.63, 3.8) is 0 Å². The van der Waals surface area contributed by atoms with Gasteiger partial charge in [-0.1, -0.05) is 210 Å². The van der Waals surface area contributed by atoms with E-state index in [4.69, 9.17) is 33.8 Å². The molecule has 0 spiro atoms. The minimum atomic E-state index is -1.03. The average molecular weight is 1850 g/mol. The zero-order valence-corrected chi connectivity index (χ0v) is 77.9. The number of primary amides is 1. The number of nitrogens with one attached hydrogen (secondary N) is 9. The molecule has 0 bridgehead atoms. The number of aromatic amines is 5. The molecule has 18 rings (SSSR count). The molecule has 5 amide bonds. The maximum atomic E-state index is 13.1. The molecule has 700 valence electrons. The lowest BCUT2D eigenvalue weighted by Gasteiger charge is -2.18. The van der Waals surface area contributed by atoms with Crippen LogP contribution in [0.1, 0.15) is 173 Å². The lowest BCUT2D eigenvalue weighted by molar-refractivity contribution is -0.119. The molecule has 1 aliphatic carbocycles. The molecule has 6 heterocycles. The molecule has 11 aromatic carbocycles. The highest BCUT2D eigenvalue weighted by Gasteiger charge is 2.29. The molecule has 6 aromatic heterocycles. The number of hydrogen-bond donors (Lipinski definition) is 12. The number of carboxylic acids is 1. The van der Waals surface area contributed by atoms with Crippen molar-refractivity contribution in [3.05, 3.63) is 354 Å². The first kappa shape index (κ1) is 96.6. The SMILES string of the molecule is COc1c(C(=O)NC2CC2)ccc2n[nH]c(/C=C/c3ccc(C)cc3)c12.COc1c(C(=O)NCc2ccco2)ccc2n[nH]c(/C=C/c3ccc(C)cc3)c12.COc1c(C(=O)N[C@@H](C)C(N)=O)ccc2n[nH]c(/C=C/c3ccc(C)cc3)c12.COc1c(C(=O)N[C@H](CO)c2ccccc2)ccc2n[nH]c(/C=C/c3ccc(C)cc3)c12.COc1c(C(=O)O)ccc2n[nH]c(/C=C/c3ccc(C)cc3)c12. The van der Waals surface area contributed by atoms with Crippen LogP contribution in [0.2, 0.25) is 0 Å². The Morgan fingerprint density at radius 3 is 0.964 bits per heavy atom. The summed E-state index contributed by atoms with van der Waals surface area (Å²) in [5.41, 5.74) is 26.4. The Hall–Kier alpha value is -17.5. The lowest BCUT2D eigenvalue weighted by Crippen LogP contribution is -2.42. The number of carbonyl (C=O) groups is 6. The van der Waals surface area contributed by atoms with Gasteiger partial charge in [0.1, 0.15) is 46.1 Å². The number of methoxy groups -OCH3 is 5. The molecule has 13 N–H and O–H groups in total. The van der Waals surface area contributed by atoms with Crippen LogP contribution in [-0.2, 0) is 11.3 Å². The average Bonchev–Trinajstić information content (AvgIpc) is 1.64. The quantitative estimate of drug-likeness (QED) is 0.0217. The predicted molar refractivity (Wildman–Crippen MR) is 541 cm³/mol. The van der Waals surface area contributed by atoms with E-state index >= 15 is 0 Å². The summed E-state index contributed by atoms with van der Waals surface area (Å²) >= 11 is 0. The van der Waals surface area contributed by atoms with E-state index in [2.05, 4.69) is 147 Å². The summed E-state index contributed by atoms with van der Waals surface area (Å²) in [5, 5.41) is 70.6. The smallest absolute Gasteiger partial charge is 0.339 e. The largest absolute Gasteiger partial charge is 0.495 e. The maximum absolute atomic E-state index is 13.1. The van der Waals surface area contributed by atoms with E-state index in [0.29, 0.717) is 108 Å². The summed E-state index contributed by atoms with van der Waals surface area (Å²) in [7, 11) is 7.62. The Morgan fingerprint density at radius 1 is 0.384 bits per heavy atom. The number of H-pyrrole nitrogens is 5. The molecule has 0 aliphatic heterocycles. The molecule has 1 aliphatic rings. The minimum absolute atomic E-state index is 0.0964.